The van der Waals surface area contributed by atoms with Crippen LogP contribution in [0, 0.1) is 0 Å². The number of carbonyl (C=O) groups is 1. The number of amides is 1. The highest BCUT2D eigenvalue weighted by atomic mass is 16.5. The zero-order valence-electron chi connectivity index (χ0n) is 19.3. The van der Waals surface area contributed by atoms with Gasteiger partial charge in [-0.1, -0.05) is 54.6 Å². The third kappa shape index (κ3) is 5.41. The maximum atomic E-state index is 13.4. The molecule has 1 atom stereocenters. The second-order valence-electron chi connectivity index (χ2n) is 8.17. The molecular weight excluding hydrogens is 414 g/mol. The van der Waals surface area contributed by atoms with Crippen molar-refractivity contribution in [2.75, 3.05) is 27.8 Å². The Bertz CT molecular complexity index is 1110. The summed E-state index contributed by atoms with van der Waals surface area (Å²) in [5.74, 6) is 1.56. The molecule has 1 aliphatic heterocycles. The fourth-order valence-corrected chi connectivity index (χ4v) is 4.07. The van der Waals surface area contributed by atoms with Gasteiger partial charge in [0.2, 0.25) is 0 Å². The molecule has 0 N–H and O–H groups in total. The van der Waals surface area contributed by atoms with Crippen molar-refractivity contribution in [3.63, 3.8) is 0 Å². The molecule has 33 heavy (non-hydrogen) atoms. The Morgan fingerprint density at radius 1 is 0.970 bits per heavy atom. The standard InChI is InChI=1S/C27H29N3O3/c1-29(18-20-8-7-11-24(16-20)33-3)19-27(31)30-26(22-12-14-23(32-2)15-13-22)17-25(28-30)21-9-5-4-6-10-21/h4-16,26H,17-19H2,1-3H3. The van der Waals surface area contributed by atoms with E-state index in [9.17, 15) is 4.79 Å². The predicted molar refractivity (Wildman–Crippen MR) is 130 cm³/mol. The summed E-state index contributed by atoms with van der Waals surface area (Å²) >= 11 is 0. The first kappa shape index (κ1) is 22.6. The van der Waals surface area contributed by atoms with Crippen LogP contribution in [0.5, 0.6) is 11.5 Å². The average molecular weight is 444 g/mol. The molecule has 6 nitrogen and oxygen atoms in total. The number of ether oxygens (including phenoxy) is 2. The summed E-state index contributed by atoms with van der Waals surface area (Å²) in [5.41, 5.74) is 4.08. The number of nitrogens with zero attached hydrogens (tertiary/aromatic N) is 3. The fourth-order valence-electron chi connectivity index (χ4n) is 4.07. The van der Waals surface area contributed by atoms with Crippen LogP contribution in [0.3, 0.4) is 0 Å². The average Bonchev–Trinajstić information content (AvgIpc) is 3.30. The maximum absolute atomic E-state index is 13.4. The maximum Gasteiger partial charge on any atom is 0.257 e. The number of hydrazone groups is 1. The number of hydrogen-bond donors (Lipinski definition) is 0. The molecule has 0 saturated heterocycles. The van der Waals surface area contributed by atoms with Gasteiger partial charge in [-0.3, -0.25) is 9.69 Å². The van der Waals surface area contributed by atoms with Gasteiger partial charge < -0.3 is 9.47 Å². The van der Waals surface area contributed by atoms with E-state index in [0.29, 0.717) is 13.0 Å². The number of likely N-dealkylation sites (N-methyl/N-ethyl adjacent to an activating group) is 1. The summed E-state index contributed by atoms with van der Waals surface area (Å²) in [6.07, 6.45) is 0.668. The topological polar surface area (TPSA) is 54.4 Å². The van der Waals surface area contributed by atoms with Crippen molar-refractivity contribution >= 4 is 11.6 Å². The van der Waals surface area contributed by atoms with Crippen molar-refractivity contribution in [1.29, 1.82) is 0 Å². The number of hydrogen-bond acceptors (Lipinski definition) is 5. The Morgan fingerprint density at radius 3 is 2.39 bits per heavy atom. The molecule has 4 rings (SSSR count). The van der Waals surface area contributed by atoms with Crippen molar-refractivity contribution in [3.8, 4) is 11.5 Å². The molecule has 3 aromatic carbocycles. The number of rotatable bonds is 8. The molecule has 170 valence electrons. The molecule has 6 heteroatoms. The van der Waals surface area contributed by atoms with E-state index in [1.807, 2.05) is 90.8 Å². The van der Waals surface area contributed by atoms with Gasteiger partial charge in [-0.15, -0.1) is 0 Å². The first-order valence-electron chi connectivity index (χ1n) is 11.0. The lowest BCUT2D eigenvalue weighted by molar-refractivity contribution is -0.134. The Hall–Kier alpha value is -3.64. The van der Waals surface area contributed by atoms with Crippen LogP contribution in [0.2, 0.25) is 0 Å². The lowest BCUT2D eigenvalue weighted by Crippen LogP contribution is -2.36. The van der Waals surface area contributed by atoms with Gasteiger partial charge in [0.25, 0.3) is 5.91 Å². The van der Waals surface area contributed by atoms with Crippen LogP contribution in [0.25, 0.3) is 0 Å². The smallest absolute Gasteiger partial charge is 0.257 e. The number of benzene rings is 3. The van der Waals surface area contributed by atoms with Crippen LogP contribution in [0.4, 0.5) is 0 Å². The molecule has 1 unspecified atom stereocenters. The lowest BCUT2D eigenvalue weighted by atomic mass is 9.98. The minimum Gasteiger partial charge on any atom is -0.497 e. The highest BCUT2D eigenvalue weighted by Crippen LogP contribution is 2.33. The van der Waals surface area contributed by atoms with Gasteiger partial charge in [0, 0.05) is 13.0 Å². The summed E-state index contributed by atoms with van der Waals surface area (Å²) in [5, 5.41) is 6.41. The van der Waals surface area contributed by atoms with E-state index in [0.717, 1.165) is 33.9 Å². The molecule has 0 fully saturated rings. The molecule has 0 bridgehead atoms. The summed E-state index contributed by atoms with van der Waals surface area (Å²) in [6, 6.07) is 25.6. The van der Waals surface area contributed by atoms with Crippen LogP contribution in [0.1, 0.15) is 29.2 Å². The highest BCUT2D eigenvalue weighted by Gasteiger charge is 2.33. The van der Waals surface area contributed by atoms with E-state index in [1.54, 1.807) is 19.2 Å². The third-order valence-corrected chi connectivity index (χ3v) is 5.77. The van der Waals surface area contributed by atoms with Crippen molar-refractivity contribution in [2.24, 2.45) is 5.10 Å². The summed E-state index contributed by atoms with van der Waals surface area (Å²) in [7, 11) is 5.24. The first-order valence-corrected chi connectivity index (χ1v) is 11.0. The predicted octanol–water partition coefficient (Wildman–Crippen LogP) is 4.51. The normalized spacial score (nSPS) is 15.5. The van der Waals surface area contributed by atoms with Crippen LogP contribution in [-0.4, -0.2) is 49.3 Å². The SMILES string of the molecule is COc1ccc(C2CC(c3ccccc3)=NN2C(=O)CN(C)Cc2cccc(OC)c2)cc1. The van der Waals surface area contributed by atoms with Gasteiger partial charge in [0.05, 0.1) is 32.5 Å². The molecule has 1 heterocycles. The van der Waals surface area contributed by atoms with E-state index >= 15 is 0 Å². The number of methoxy groups -OCH3 is 2. The van der Waals surface area contributed by atoms with Crippen molar-refractivity contribution < 1.29 is 14.3 Å². The lowest BCUT2D eigenvalue weighted by Gasteiger charge is -2.25. The summed E-state index contributed by atoms with van der Waals surface area (Å²) in [4.78, 5) is 15.4. The van der Waals surface area contributed by atoms with Crippen LogP contribution in [-0.2, 0) is 11.3 Å². The van der Waals surface area contributed by atoms with Crippen molar-refractivity contribution in [3.05, 3.63) is 95.6 Å². The largest absolute Gasteiger partial charge is 0.497 e. The van der Waals surface area contributed by atoms with E-state index in [1.165, 1.54) is 0 Å². The third-order valence-electron chi connectivity index (χ3n) is 5.77. The van der Waals surface area contributed by atoms with Crippen LogP contribution in [0.15, 0.2) is 84.0 Å². The molecule has 0 spiro atoms. The Balaban J connectivity index is 1.53. The highest BCUT2D eigenvalue weighted by molar-refractivity contribution is 6.03. The molecule has 0 aromatic heterocycles. The van der Waals surface area contributed by atoms with Gasteiger partial charge in [-0.25, -0.2) is 5.01 Å². The molecule has 1 amide bonds. The van der Waals surface area contributed by atoms with Gasteiger partial charge in [-0.05, 0) is 48.0 Å². The second kappa shape index (κ2) is 10.3. The number of carbonyl (C=O) groups excluding carboxylic acids is 1. The van der Waals surface area contributed by atoms with Crippen molar-refractivity contribution in [1.82, 2.24) is 9.91 Å². The summed E-state index contributed by atoms with van der Waals surface area (Å²) < 4.78 is 10.6. The van der Waals surface area contributed by atoms with Gasteiger partial charge >= 0.3 is 0 Å². The summed E-state index contributed by atoms with van der Waals surface area (Å²) in [6.45, 7) is 0.897. The molecule has 0 aliphatic carbocycles. The van der Waals surface area contributed by atoms with Gasteiger partial charge in [0.15, 0.2) is 0 Å². The Labute approximate surface area is 195 Å². The van der Waals surface area contributed by atoms with E-state index < -0.39 is 0 Å². The van der Waals surface area contributed by atoms with E-state index in [2.05, 4.69) is 0 Å². The van der Waals surface area contributed by atoms with Crippen LogP contribution >= 0.6 is 0 Å². The minimum atomic E-state index is -0.149. The Morgan fingerprint density at radius 2 is 1.70 bits per heavy atom. The van der Waals surface area contributed by atoms with Gasteiger partial charge in [0.1, 0.15) is 11.5 Å². The van der Waals surface area contributed by atoms with Crippen LogP contribution < -0.4 is 9.47 Å². The molecule has 0 radical (unpaired) electrons. The zero-order valence-corrected chi connectivity index (χ0v) is 19.3. The fraction of sp³-hybridized carbons (Fsp3) is 0.259. The minimum absolute atomic E-state index is 0.0351. The zero-order chi connectivity index (χ0) is 23.2. The molecular formula is C27H29N3O3. The first-order chi connectivity index (χ1) is 16.1. The quantitative estimate of drug-likeness (QED) is 0.514. The molecule has 1 aliphatic rings. The molecule has 0 saturated carbocycles. The second-order valence-corrected chi connectivity index (χ2v) is 8.17. The van der Waals surface area contributed by atoms with E-state index in [-0.39, 0.29) is 18.5 Å². The van der Waals surface area contributed by atoms with Gasteiger partial charge in [-0.2, -0.15) is 5.10 Å². The van der Waals surface area contributed by atoms with E-state index in [4.69, 9.17) is 14.6 Å². The molecule has 3 aromatic rings. The monoisotopic (exact) mass is 443 g/mol. The van der Waals surface area contributed by atoms with Crippen molar-refractivity contribution in [2.45, 2.75) is 19.0 Å². The Kier molecular flexibility index (Phi) is 7.05.